The molecule has 0 amide bonds. The van der Waals surface area contributed by atoms with Crippen molar-refractivity contribution in [3.63, 3.8) is 0 Å². The molecule has 1 aliphatic rings. The third-order valence-corrected chi connectivity index (χ3v) is 3.23. The molecule has 0 radical (unpaired) electrons. The van der Waals surface area contributed by atoms with Crippen LogP contribution in [0.1, 0.15) is 35.9 Å². The number of hydrogen-bond acceptors (Lipinski definition) is 3. The van der Waals surface area contributed by atoms with Crippen molar-refractivity contribution in [3.8, 4) is 0 Å². The Labute approximate surface area is 107 Å². The molecule has 1 saturated carbocycles. The largest absolute Gasteiger partial charge is 0.480 e. The predicted molar refractivity (Wildman–Crippen MR) is 68.7 cm³/mol. The maximum absolute atomic E-state index is 11.4. The molecule has 4 heteroatoms. The molecule has 1 aliphatic carbocycles. The highest BCUT2D eigenvalue weighted by molar-refractivity contribution is 5.76. The van der Waals surface area contributed by atoms with Gasteiger partial charge in [-0.2, -0.15) is 0 Å². The molecule has 1 aromatic carbocycles. The molecule has 0 spiro atoms. The van der Waals surface area contributed by atoms with E-state index in [1.807, 2.05) is 24.3 Å². The zero-order valence-electron chi connectivity index (χ0n) is 10.6. The van der Waals surface area contributed by atoms with Crippen LogP contribution in [0.2, 0.25) is 0 Å². The fourth-order valence-electron chi connectivity index (χ4n) is 2.18. The van der Waals surface area contributed by atoms with Crippen LogP contribution in [-0.2, 0) is 9.53 Å². The summed E-state index contributed by atoms with van der Waals surface area (Å²) in [5, 5.41) is 12.4. The topological polar surface area (TPSA) is 58.6 Å². The van der Waals surface area contributed by atoms with Crippen molar-refractivity contribution in [2.24, 2.45) is 0 Å². The third kappa shape index (κ3) is 3.09. The molecule has 2 rings (SSSR count). The summed E-state index contributed by atoms with van der Waals surface area (Å²) in [5.41, 5.74) is 2.07. The Hall–Kier alpha value is -1.39. The van der Waals surface area contributed by atoms with Gasteiger partial charge in [0.05, 0.1) is 6.61 Å². The van der Waals surface area contributed by atoms with Gasteiger partial charge in [0.1, 0.15) is 6.04 Å². The van der Waals surface area contributed by atoms with Gasteiger partial charge < -0.3 is 9.84 Å². The summed E-state index contributed by atoms with van der Waals surface area (Å²) in [4.78, 5) is 11.4. The normalized spacial score (nSPS) is 16.5. The lowest BCUT2D eigenvalue weighted by atomic mass is 9.97. The van der Waals surface area contributed by atoms with E-state index >= 15 is 0 Å². The Kier molecular flexibility index (Phi) is 4.33. The minimum absolute atomic E-state index is 0.509. The number of rotatable bonds is 7. The average Bonchev–Trinajstić information content (AvgIpc) is 3.18. The first-order valence-electron chi connectivity index (χ1n) is 6.28. The first kappa shape index (κ1) is 13.1. The van der Waals surface area contributed by atoms with Crippen LogP contribution in [0.15, 0.2) is 24.3 Å². The lowest BCUT2D eigenvalue weighted by Gasteiger charge is -2.18. The lowest BCUT2D eigenvalue weighted by molar-refractivity contribution is -0.139. The van der Waals surface area contributed by atoms with Crippen LogP contribution in [0.5, 0.6) is 0 Å². The second-order valence-corrected chi connectivity index (χ2v) is 4.62. The van der Waals surface area contributed by atoms with Gasteiger partial charge in [-0.1, -0.05) is 24.3 Å². The van der Waals surface area contributed by atoms with Crippen molar-refractivity contribution >= 4 is 5.97 Å². The summed E-state index contributed by atoms with van der Waals surface area (Å²) >= 11 is 0. The van der Waals surface area contributed by atoms with Crippen molar-refractivity contribution in [2.45, 2.75) is 24.8 Å². The highest BCUT2D eigenvalue weighted by Crippen LogP contribution is 2.42. The molecule has 0 saturated heterocycles. The van der Waals surface area contributed by atoms with Crippen LogP contribution in [-0.4, -0.2) is 31.3 Å². The maximum Gasteiger partial charge on any atom is 0.325 e. The van der Waals surface area contributed by atoms with Crippen molar-refractivity contribution < 1.29 is 14.6 Å². The van der Waals surface area contributed by atoms with Gasteiger partial charge in [-0.3, -0.25) is 10.1 Å². The third-order valence-electron chi connectivity index (χ3n) is 3.23. The van der Waals surface area contributed by atoms with Gasteiger partial charge in [0, 0.05) is 13.7 Å². The van der Waals surface area contributed by atoms with Crippen molar-refractivity contribution in [2.75, 3.05) is 20.3 Å². The molecule has 0 heterocycles. The zero-order valence-corrected chi connectivity index (χ0v) is 10.6. The quantitative estimate of drug-likeness (QED) is 0.725. The molecule has 1 atom stereocenters. The van der Waals surface area contributed by atoms with Crippen molar-refractivity contribution in [3.05, 3.63) is 35.4 Å². The second kappa shape index (κ2) is 5.98. The smallest absolute Gasteiger partial charge is 0.325 e. The number of carboxylic acid groups (broad SMARTS) is 1. The molecule has 98 valence electrons. The molecule has 2 N–H and O–H groups in total. The SMILES string of the molecule is COCCNC(C(=O)O)c1ccccc1C1CC1. The summed E-state index contributed by atoms with van der Waals surface area (Å²) in [5.74, 6) is -0.286. The molecule has 1 unspecified atom stereocenters. The van der Waals surface area contributed by atoms with E-state index in [1.165, 1.54) is 18.4 Å². The van der Waals surface area contributed by atoms with Gasteiger partial charge in [-0.15, -0.1) is 0 Å². The fraction of sp³-hybridized carbons (Fsp3) is 0.500. The van der Waals surface area contributed by atoms with Gasteiger partial charge >= 0.3 is 5.97 Å². The van der Waals surface area contributed by atoms with Crippen LogP contribution in [0.25, 0.3) is 0 Å². The Morgan fingerprint density at radius 3 is 2.83 bits per heavy atom. The minimum atomic E-state index is -0.834. The van der Waals surface area contributed by atoms with Gasteiger partial charge in [0.2, 0.25) is 0 Å². The molecule has 1 fully saturated rings. The van der Waals surface area contributed by atoms with E-state index in [-0.39, 0.29) is 0 Å². The Bertz CT molecular complexity index is 415. The highest BCUT2D eigenvalue weighted by Gasteiger charge is 2.30. The number of carbonyl (C=O) groups is 1. The van der Waals surface area contributed by atoms with Crippen LogP contribution >= 0.6 is 0 Å². The summed E-state index contributed by atoms with van der Waals surface area (Å²) < 4.78 is 4.94. The molecule has 0 aliphatic heterocycles. The predicted octanol–water partition coefficient (Wildman–Crippen LogP) is 1.93. The van der Waals surface area contributed by atoms with E-state index in [0.29, 0.717) is 19.1 Å². The fourth-order valence-corrected chi connectivity index (χ4v) is 2.18. The summed E-state index contributed by atoms with van der Waals surface area (Å²) in [7, 11) is 1.61. The second-order valence-electron chi connectivity index (χ2n) is 4.62. The molecular formula is C14H19NO3. The van der Waals surface area contributed by atoms with Crippen LogP contribution in [0.3, 0.4) is 0 Å². The monoisotopic (exact) mass is 249 g/mol. The first-order chi connectivity index (χ1) is 8.74. The number of ether oxygens (including phenoxy) is 1. The van der Waals surface area contributed by atoms with Crippen LogP contribution in [0, 0.1) is 0 Å². The molecular weight excluding hydrogens is 230 g/mol. The molecule has 0 aromatic heterocycles. The summed E-state index contributed by atoms with van der Waals surface area (Å²) in [6.45, 7) is 1.04. The van der Waals surface area contributed by atoms with Crippen LogP contribution in [0.4, 0.5) is 0 Å². The van der Waals surface area contributed by atoms with Gasteiger partial charge in [-0.05, 0) is 29.9 Å². The van der Waals surface area contributed by atoms with Gasteiger partial charge in [0.25, 0.3) is 0 Å². The van der Waals surface area contributed by atoms with Crippen molar-refractivity contribution in [1.29, 1.82) is 0 Å². The summed E-state index contributed by atoms with van der Waals surface area (Å²) in [6.07, 6.45) is 2.34. The van der Waals surface area contributed by atoms with E-state index < -0.39 is 12.0 Å². The van der Waals surface area contributed by atoms with E-state index in [9.17, 15) is 9.90 Å². The number of carboxylic acids is 1. The number of benzene rings is 1. The average molecular weight is 249 g/mol. The minimum Gasteiger partial charge on any atom is -0.480 e. The lowest BCUT2D eigenvalue weighted by Crippen LogP contribution is -2.31. The summed E-state index contributed by atoms with van der Waals surface area (Å²) in [6, 6.07) is 7.19. The van der Waals surface area contributed by atoms with Crippen LogP contribution < -0.4 is 5.32 Å². The molecule has 4 nitrogen and oxygen atoms in total. The number of hydrogen-bond donors (Lipinski definition) is 2. The van der Waals surface area contributed by atoms with E-state index in [4.69, 9.17) is 4.74 Å². The van der Waals surface area contributed by atoms with E-state index in [1.54, 1.807) is 7.11 Å². The first-order valence-corrected chi connectivity index (χ1v) is 6.28. The van der Waals surface area contributed by atoms with E-state index in [0.717, 1.165) is 5.56 Å². The Balaban J connectivity index is 2.16. The molecule has 18 heavy (non-hydrogen) atoms. The Morgan fingerprint density at radius 1 is 1.50 bits per heavy atom. The number of nitrogens with one attached hydrogen (secondary N) is 1. The maximum atomic E-state index is 11.4. The number of methoxy groups -OCH3 is 1. The molecule has 1 aromatic rings. The molecule has 0 bridgehead atoms. The highest BCUT2D eigenvalue weighted by atomic mass is 16.5. The van der Waals surface area contributed by atoms with Crippen molar-refractivity contribution in [1.82, 2.24) is 5.32 Å². The van der Waals surface area contributed by atoms with E-state index in [2.05, 4.69) is 5.32 Å². The Morgan fingerprint density at radius 2 is 2.22 bits per heavy atom. The number of aliphatic carboxylic acids is 1. The zero-order chi connectivity index (χ0) is 13.0. The van der Waals surface area contributed by atoms with Gasteiger partial charge in [-0.25, -0.2) is 0 Å². The van der Waals surface area contributed by atoms with Gasteiger partial charge in [0.15, 0.2) is 0 Å². The standard InChI is InChI=1S/C14H19NO3/c1-18-9-8-15-13(14(16)17)12-5-3-2-4-11(12)10-6-7-10/h2-5,10,13,15H,6-9H2,1H3,(H,16,17).